The Balaban J connectivity index is 2.13. The molecule has 0 unspecified atom stereocenters. The van der Waals surface area contributed by atoms with Crippen LogP contribution in [0.25, 0.3) is 0 Å². The van der Waals surface area contributed by atoms with Crippen LogP contribution in [-0.2, 0) is 4.79 Å². The number of carbonyl (C=O) groups excluding carboxylic acids is 1. The third-order valence-electron chi connectivity index (χ3n) is 3.83. The molecule has 0 spiro atoms. The Kier molecular flexibility index (Phi) is 4.13. The molecule has 1 heterocycles. The van der Waals surface area contributed by atoms with Gasteiger partial charge in [0.05, 0.1) is 11.0 Å². The van der Waals surface area contributed by atoms with Gasteiger partial charge in [-0.25, -0.2) is 4.39 Å². The fourth-order valence-electron chi connectivity index (χ4n) is 2.25. The Morgan fingerprint density at radius 2 is 1.95 bits per heavy atom. The zero-order valence-corrected chi connectivity index (χ0v) is 12.6. The molecule has 1 aliphatic heterocycles. The standard InChI is InChI=1S/C14H15BrFNO3/c1-14(13(19)20)4-6-17(7-5-14)12(18)10-8-9(15)2-3-11(10)16/h2-3,8H,4-7H2,1H3,(H,19,20). The Morgan fingerprint density at radius 1 is 1.35 bits per heavy atom. The van der Waals surface area contributed by atoms with E-state index in [1.165, 1.54) is 23.1 Å². The number of nitrogens with zero attached hydrogens (tertiary/aromatic N) is 1. The minimum Gasteiger partial charge on any atom is -0.481 e. The van der Waals surface area contributed by atoms with Crippen LogP contribution in [0.2, 0.25) is 0 Å². The van der Waals surface area contributed by atoms with E-state index in [1.54, 1.807) is 6.92 Å². The van der Waals surface area contributed by atoms with Crippen LogP contribution in [0.5, 0.6) is 0 Å². The number of amides is 1. The van der Waals surface area contributed by atoms with Crippen molar-refractivity contribution in [1.82, 2.24) is 4.90 Å². The maximum Gasteiger partial charge on any atom is 0.309 e. The van der Waals surface area contributed by atoms with Crippen molar-refractivity contribution in [2.24, 2.45) is 5.41 Å². The molecule has 0 saturated carbocycles. The molecule has 1 aromatic carbocycles. The number of likely N-dealkylation sites (tertiary alicyclic amines) is 1. The number of carbonyl (C=O) groups is 2. The summed E-state index contributed by atoms with van der Waals surface area (Å²) in [7, 11) is 0. The lowest BCUT2D eigenvalue weighted by molar-refractivity contribution is -0.150. The Labute approximate surface area is 124 Å². The van der Waals surface area contributed by atoms with Crippen molar-refractivity contribution in [3.63, 3.8) is 0 Å². The maximum absolute atomic E-state index is 13.7. The molecule has 1 amide bonds. The molecule has 108 valence electrons. The van der Waals surface area contributed by atoms with Crippen LogP contribution in [-0.4, -0.2) is 35.0 Å². The summed E-state index contributed by atoms with van der Waals surface area (Å²) in [6.07, 6.45) is 0.757. The molecule has 1 aliphatic rings. The molecule has 1 fully saturated rings. The van der Waals surface area contributed by atoms with Gasteiger partial charge in [-0.05, 0) is 38.0 Å². The van der Waals surface area contributed by atoms with Crippen molar-refractivity contribution in [1.29, 1.82) is 0 Å². The molecule has 4 nitrogen and oxygen atoms in total. The molecule has 0 aliphatic carbocycles. The molecule has 0 bridgehead atoms. The topological polar surface area (TPSA) is 57.6 Å². The zero-order valence-electron chi connectivity index (χ0n) is 11.0. The number of benzene rings is 1. The number of hydrogen-bond acceptors (Lipinski definition) is 2. The smallest absolute Gasteiger partial charge is 0.309 e. The largest absolute Gasteiger partial charge is 0.481 e. The second-order valence-corrected chi connectivity index (χ2v) is 6.20. The first-order chi connectivity index (χ1) is 9.33. The highest BCUT2D eigenvalue weighted by Gasteiger charge is 2.38. The van der Waals surface area contributed by atoms with E-state index in [0.29, 0.717) is 30.4 Å². The van der Waals surface area contributed by atoms with Gasteiger partial charge in [-0.15, -0.1) is 0 Å². The molecule has 0 atom stereocenters. The molecule has 6 heteroatoms. The summed E-state index contributed by atoms with van der Waals surface area (Å²) in [5, 5.41) is 9.15. The van der Waals surface area contributed by atoms with Crippen LogP contribution in [0.1, 0.15) is 30.1 Å². The fraction of sp³-hybridized carbons (Fsp3) is 0.429. The molecular weight excluding hydrogens is 329 g/mol. The van der Waals surface area contributed by atoms with Crippen LogP contribution < -0.4 is 0 Å². The average molecular weight is 344 g/mol. The normalized spacial score (nSPS) is 17.9. The van der Waals surface area contributed by atoms with Gasteiger partial charge in [0.25, 0.3) is 5.91 Å². The van der Waals surface area contributed by atoms with E-state index in [-0.39, 0.29) is 5.56 Å². The van der Waals surface area contributed by atoms with Gasteiger partial charge in [0, 0.05) is 17.6 Å². The minimum absolute atomic E-state index is 0.0123. The van der Waals surface area contributed by atoms with Crippen LogP contribution in [0.15, 0.2) is 22.7 Å². The van der Waals surface area contributed by atoms with E-state index in [9.17, 15) is 14.0 Å². The summed E-state index contributed by atoms with van der Waals surface area (Å²) in [6, 6.07) is 4.22. The number of hydrogen-bond donors (Lipinski definition) is 1. The molecule has 1 aromatic rings. The van der Waals surface area contributed by atoms with E-state index >= 15 is 0 Å². The summed E-state index contributed by atoms with van der Waals surface area (Å²) in [5.74, 6) is -1.81. The molecule has 20 heavy (non-hydrogen) atoms. The third kappa shape index (κ3) is 2.85. The second kappa shape index (κ2) is 5.52. The van der Waals surface area contributed by atoms with E-state index in [1.807, 2.05) is 0 Å². The number of carboxylic acids is 1. The summed E-state index contributed by atoms with van der Waals surface area (Å²) in [6.45, 7) is 2.33. The number of rotatable bonds is 2. The lowest BCUT2D eigenvalue weighted by Gasteiger charge is -2.36. The first-order valence-electron chi connectivity index (χ1n) is 6.31. The first kappa shape index (κ1) is 15.0. The highest BCUT2D eigenvalue weighted by molar-refractivity contribution is 9.10. The van der Waals surface area contributed by atoms with Crippen molar-refractivity contribution in [3.05, 3.63) is 34.1 Å². The summed E-state index contributed by atoms with van der Waals surface area (Å²) in [5.41, 5.74) is -0.787. The zero-order chi connectivity index (χ0) is 14.9. The maximum atomic E-state index is 13.7. The van der Waals surface area contributed by atoms with Crippen molar-refractivity contribution >= 4 is 27.8 Å². The minimum atomic E-state index is -0.849. The van der Waals surface area contributed by atoms with E-state index in [4.69, 9.17) is 5.11 Å². The van der Waals surface area contributed by atoms with Crippen molar-refractivity contribution in [3.8, 4) is 0 Å². The van der Waals surface area contributed by atoms with E-state index in [2.05, 4.69) is 15.9 Å². The van der Waals surface area contributed by atoms with Crippen LogP contribution in [0.4, 0.5) is 4.39 Å². The Hall–Kier alpha value is -1.43. The molecular formula is C14H15BrFNO3. The lowest BCUT2D eigenvalue weighted by atomic mass is 9.80. The fourth-order valence-corrected chi connectivity index (χ4v) is 2.61. The second-order valence-electron chi connectivity index (χ2n) is 5.28. The number of piperidine rings is 1. The van der Waals surface area contributed by atoms with Gasteiger partial charge in [-0.3, -0.25) is 9.59 Å². The average Bonchev–Trinajstić information content (AvgIpc) is 2.41. The van der Waals surface area contributed by atoms with Crippen LogP contribution >= 0.6 is 15.9 Å². The summed E-state index contributed by atoms with van der Waals surface area (Å²) in [4.78, 5) is 24.9. The van der Waals surface area contributed by atoms with Gasteiger partial charge in [-0.2, -0.15) is 0 Å². The molecule has 0 radical (unpaired) electrons. The highest BCUT2D eigenvalue weighted by Crippen LogP contribution is 2.32. The van der Waals surface area contributed by atoms with E-state index in [0.717, 1.165) is 0 Å². The SMILES string of the molecule is CC1(C(=O)O)CCN(C(=O)c2cc(Br)ccc2F)CC1. The molecule has 0 aromatic heterocycles. The lowest BCUT2D eigenvalue weighted by Crippen LogP contribution is -2.45. The van der Waals surface area contributed by atoms with Crippen molar-refractivity contribution in [2.45, 2.75) is 19.8 Å². The highest BCUT2D eigenvalue weighted by atomic mass is 79.9. The Bertz CT molecular complexity index is 553. The third-order valence-corrected chi connectivity index (χ3v) is 4.32. The predicted molar refractivity (Wildman–Crippen MR) is 75.0 cm³/mol. The first-order valence-corrected chi connectivity index (χ1v) is 7.10. The number of halogens is 2. The molecule has 2 rings (SSSR count). The Morgan fingerprint density at radius 3 is 2.50 bits per heavy atom. The van der Waals surface area contributed by atoms with Crippen molar-refractivity contribution < 1.29 is 19.1 Å². The summed E-state index contributed by atoms with van der Waals surface area (Å²) < 4.78 is 14.3. The number of aliphatic carboxylic acids is 1. The van der Waals surface area contributed by atoms with Crippen LogP contribution in [0, 0.1) is 11.2 Å². The summed E-state index contributed by atoms with van der Waals surface area (Å²) >= 11 is 3.21. The van der Waals surface area contributed by atoms with E-state index < -0.39 is 23.1 Å². The van der Waals surface area contributed by atoms with Gasteiger partial charge >= 0.3 is 5.97 Å². The monoisotopic (exact) mass is 343 g/mol. The molecule has 1 saturated heterocycles. The van der Waals surface area contributed by atoms with Crippen molar-refractivity contribution in [2.75, 3.05) is 13.1 Å². The van der Waals surface area contributed by atoms with Crippen LogP contribution in [0.3, 0.4) is 0 Å². The number of carboxylic acid groups (broad SMARTS) is 1. The molecule has 1 N–H and O–H groups in total. The quantitative estimate of drug-likeness (QED) is 0.898. The van der Waals surface area contributed by atoms with Gasteiger partial charge in [0.1, 0.15) is 5.82 Å². The van der Waals surface area contributed by atoms with Gasteiger partial charge in [0.2, 0.25) is 0 Å². The van der Waals surface area contributed by atoms with Gasteiger partial charge in [0.15, 0.2) is 0 Å². The van der Waals surface area contributed by atoms with Gasteiger partial charge < -0.3 is 10.0 Å². The van der Waals surface area contributed by atoms with Gasteiger partial charge in [-0.1, -0.05) is 15.9 Å². The predicted octanol–water partition coefficient (Wildman–Crippen LogP) is 2.92.